The molecule has 0 bridgehead atoms. The van der Waals surface area contributed by atoms with Crippen LogP contribution in [0.5, 0.6) is 0 Å². The number of hydrogen-bond donors (Lipinski definition) is 5. The van der Waals surface area contributed by atoms with E-state index in [2.05, 4.69) is 0 Å². The number of carbonyl (C=O) groups is 1. The summed E-state index contributed by atoms with van der Waals surface area (Å²) < 4.78 is 37.5. The number of ether oxygens (including phenoxy) is 6. The standard InChI is InChI=1S/C38H72N2O12/c1-15-27-38(10,46)31(42)24(6)40(13)19-20(2)17-36(8,45)33(52-35-29(41)26(39(11)12)16-21(3)48-35)22(4)30(23(5)34(44)50-27)51-28-18-37(9,47-14)32(43)25(7)49-28/h20-33,35,41-43,45-46H,15-19H2,1-14H3/t20-,21-,22+,23-,24-,25+,26+,27-,28+,29-,30+,31-,32+,33-,35+,36-,37-,38-/m0/s1. The molecule has 3 aliphatic heterocycles. The SMILES string of the molecule is CC[C@@H]1OC(=O)[C@@H](C)[C@H](O[C@@H]2C[C@](C)(OC)[C@H](O)[C@@H](C)O2)[C@@H](C)[C@H](O[C@H]2O[C@@H](C)C[C@@H](N(C)C)[C@@H]2O)[C@@](C)(O)C[C@H](C)CN(C)[C@@H](C)[C@H](O)[C@@]1(C)O. The van der Waals surface area contributed by atoms with Crippen LogP contribution in [0.4, 0.5) is 0 Å². The Morgan fingerprint density at radius 1 is 0.942 bits per heavy atom. The normalized spacial score (nSPS) is 49.6. The molecule has 3 rings (SSSR count). The van der Waals surface area contributed by atoms with Gasteiger partial charge in [-0.25, -0.2) is 0 Å². The first kappa shape index (κ1) is 45.4. The minimum absolute atomic E-state index is 0.133. The third-order valence-electron chi connectivity index (χ3n) is 12.2. The largest absolute Gasteiger partial charge is 0.459 e. The van der Waals surface area contributed by atoms with Gasteiger partial charge in [0.2, 0.25) is 0 Å². The van der Waals surface area contributed by atoms with E-state index in [1.807, 2.05) is 51.7 Å². The van der Waals surface area contributed by atoms with Crippen molar-refractivity contribution in [1.82, 2.24) is 9.80 Å². The van der Waals surface area contributed by atoms with Crippen LogP contribution in [-0.2, 0) is 33.2 Å². The number of esters is 1. The molecule has 0 saturated carbocycles. The number of hydrogen-bond acceptors (Lipinski definition) is 14. The third kappa shape index (κ3) is 10.0. The van der Waals surface area contributed by atoms with Crippen LogP contribution in [0.25, 0.3) is 0 Å². The molecule has 3 aliphatic rings. The highest BCUT2D eigenvalue weighted by Gasteiger charge is 2.52. The van der Waals surface area contributed by atoms with Crippen LogP contribution in [0.3, 0.4) is 0 Å². The number of aliphatic hydroxyl groups excluding tert-OH is 3. The summed E-state index contributed by atoms with van der Waals surface area (Å²) in [7, 11) is 7.12. The van der Waals surface area contributed by atoms with Crippen molar-refractivity contribution >= 4 is 5.97 Å². The Morgan fingerprint density at radius 3 is 2.12 bits per heavy atom. The van der Waals surface area contributed by atoms with E-state index < -0.39 is 96.0 Å². The molecule has 0 amide bonds. The Labute approximate surface area is 312 Å². The van der Waals surface area contributed by atoms with E-state index in [0.29, 0.717) is 13.0 Å². The second kappa shape index (κ2) is 17.8. The first-order chi connectivity index (χ1) is 23.9. The molecule has 0 aromatic heterocycles. The van der Waals surface area contributed by atoms with Crippen LogP contribution in [0, 0.1) is 17.8 Å². The lowest BCUT2D eigenvalue weighted by Crippen LogP contribution is -2.60. The molecule has 0 unspecified atom stereocenters. The van der Waals surface area contributed by atoms with Crippen molar-refractivity contribution in [3.8, 4) is 0 Å². The van der Waals surface area contributed by atoms with Gasteiger partial charge in [0.15, 0.2) is 12.6 Å². The first-order valence-corrected chi connectivity index (χ1v) is 19.1. The Kier molecular flexibility index (Phi) is 15.6. The van der Waals surface area contributed by atoms with Crippen molar-refractivity contribution in [3.05, 3.63) is 0 Å². The van der Waals surface area contributed by atoms with Crippen LogP contribution < -0.4 is 0 Å². The summed E-state index contributed by atoms with van der Waals surface area (Å²) in [6, 6.07) is -0.808. The summed E-state index contributed by atoms with van der Waals surface area (Å²) >= 11 is 0. The Balaban J connectivity index is 2.17. The molecule has 3 heterocycles. The van der Waals surface area contributed by atoms with E-state index in [-0.39, 0.29) is 37.3 Å². The first-order valence-electron chi connectivity index (χ1n) is 19.1. The molecule has 0 aromatic rings. The van der Waals surface area contributed by atoms with E-state index in [1.54, 1.807) is 41.5 Å². The quantitative estimate of drug-likeness (QED) is 0.238. The highest BCUT2D eigenvalue weighted by atomic mass is 16.7. The molecular formula is C38H72N2O12. The van der Waals surface area contributed by atoms with Gasteiger partial charge in [0.05, 0.1) is 41.5 Å². The van der Waals surface area contributed by atoms with Crippen LogP contribution in [0.15, 0.2) is 0 Å². The fourth-order valence-corrected chi connectivity index (χ4v) is 8.74. The maximum absolute atomic E-state index is 14.2. The monoisotopic (exact) mass is 749 g/mol. The van der Waals surface area contributed by atoms with Crippen molar-refractivity contribution in [3.63, 3.8) is 0 Å². The zero-order chi connectivity index (χ0) is 39.7. The second-order valence-electron chi connectivity index (χ2n) is 17.2. The summed E-state index contributed by atoms with van der Waals surface area (Å²) in [4.78, 5) is 18.0. The summed E-state index contributed by atoms with van der Waals surface area (Å²) in [6.45, 7) is 18.0. The Hall–Kier alpha value is -1.01. The number of likely N-dealkylation sites (N-methyl/N-ethyl adjacent to an activating group) is 2. The van der Waals surface area contributed by atoms with Gasteiger partial charge in [-0.05, 0) is 94.8 Å². The van der Waals surface area contributed by atoms with Crippen molar-refractivity contribution in [2.75, 3.05) is 34.8 Å². The summed E-state index contributed by atoms with van der Waals surface area (Å²) in [6.07, 6.45) is -8.19. The average molecular weight is 749 g/mol. The molecule has 14 heteroatoms. The van der Waals surface area contributed by atoms with Gasteiger partial charge in [-0.2, -0.15) is 0 Å². The molecule has 0 aliphatic carbocycles. The van der Waals surface area contributed by atoms with Gasteiger partial charge in [0.25, 0.3) is 0 Å². The van der Waals surface area contributed by atoms with Crippen molar-refractivity contribution in [1.29, 1.82) is 0 Å². The molecule has 14 nitrogen and oxygen atoms in total. The molecule has 3 fully saturated rings. The smallest absolute Gasteiger partial charge is 0.311 e. The molecule has 0 spiro atoms. The number of cyclic esters (lactones) is 1. The van der Waals surface area contributed by atoms with E-state index in [0.717, 1.165) is 0 Å². The van der Waals surface area contributed by atoms with Crippen LogP contribution in [0.1, 0.15) is 94.9 Å². The molecule has 18 atom stereocenters. The van der Waals surface area contributed by atoms with Gasteiger partial charge in [0, 0.05) is 38.1 Å². The minimum Gasteiger partial charge on any atom is -0.459 e. The predicted molar refractivity (Wildman–Crippen MR) is 194 cm³/mol. The van der Waals surface area contributed by atoms with E-state index in [4.69, 9.17) is 28.4 Å². The van der Waals surface area contributed by atoms with E-state index in [9.17, 15) is 30.3 Å². The lowest BCUT2D eigenvalue weighted by atomic mass is 9.77. The maximum atomic E-state index is 14.2. The van der Waals surface area contributed by atoms with Crippen LogP contribution >= 0.6 is 0 Å². The zero-order valence-corrected chi connectivity index (χ0v) is 34.2. The fourth-order valence-electron chi connectivity index (χ4n) is 8.74. The Morgan fingerprint density at radius 2 is 1.56 bits per heavy atom. The van der Waals surface area contributed by atoms with Gasteiger partial charge in [-0.1, -0.05) is 20.8 Å². The molecule has 5 N–H and O–H groups in total. The van der Waals surface area contributed by atoms with Gasteiger partial charge in [-0.15, -0.1) is 0 Å². The van der Waals surface area contributed by atoms with Crippen molar-refractivity contribution in [2.24, 2.45) is 17.8 Å². The highest BCUT2D eigenvalue weighted by molar-refractivity contribution is 5.73. The predicted octanol–water partition coefficient (Wildman–Crippen LogP) is 1.90. The lowest BCUT2D eigenvalue weighted by molar-refractivity contribution is -0.318. The molecular weight excluding hydrogens is 676 g/mol. The second-order valence-corrected chi connectivity index (χ2v) is 17.2. The number of aliphatic hydroxyl groups is 5. The molecule has 52 heavy (non-hydrogen) atoms. The number of methoxy groups -OCH3 is 1. The van der Waals surface area contributed by atoms with Crippen LogP contribution in [0.2, 0.25) is 0 Å². The summed E-state index contributed by atoms with van der Waals surface area (Å²) in [5.74, 6) is -2.58. The topological polar surface area (TPSA) is 180 Å². The van der Waals surface area contributed by atoms with Gasteiger partial charge in [-0.3, -0.25) is 4.79 Å². The average Bonchev–Trinajstić information content (AvgIpc) is 3.05. The fraction of sp³-hybridized carbons (Fsp3) is 0.974. The third-order valence-corrected chi connectivity index (χ3v) is 12.2. The Bertz CT molecular complexity index is 1140. The summed E-state index contributed by atoms with van der Waals surface area (Å²) in [5, 5.41) is 58.1. The van der Waals surface area contributed by atoms with Crippen LogP contribution in [-0.4, -0.2) is 166 Å². The molecule has 306 valence electrons. The number of carbonyl (C=O) groups excluding carboxylic acids is 1. The molecule has 0 radical (unpaired) electrons. The summed E-state index contributed by atoms with van der Waals surface area (Å²) in [5.41, 5.74) is -4.37. The minimum atomic E-state index is -1.80. The molecule has 0 aromatic carbocycles. The maximum Gasteiger partial charge on any atom is 0.311 e. The van der Waals surface area contributed by atoms with Crippen molar-refractivity contribution < 1.29 is 58.7 Å². The van der Waals surface area contributed by atoms with Crippen molar-refractivity contribution in [2.45, 2.75) is 185 Å². The highest BCUT2D eigenvalue weighted by Crippen LogP contribution is 2.40. The molecule has 3 saturated heterocycles. The lowest BCUT2D eigenvalue weighted by Gasteiger charge is -2.48. The van der Waals surface area contributed by atoms with Gasteiger partial charge < -0.3 is 63.8 Å². The van der Waals surface area contributed by atoms with E-state index >= 15 is 0 Å². The van der Waals surface area contributed by atoms with Gasteiger partial charge in [0.1, 0.15) is 30.0 Å². The number of nitrogens with zero attached hydrogens (tertiary/aromatic N) is 2. The zero-order valence-electron chi connectivity index (χ0n) is 34.2. The number of rotatable bonds is 7. The van der Waals surface area contributed by atoms with Gasteiger partial charge >= 0.3 is 5.97 Å². The van der Waals surface area contributed by atoms with E-state index in [1.165, 1.54) is 14.0 Å².